The molecule has 1 atom stereocenters. The Kier molecular flexibility index (Phi) is 4.60. The molecule has 0 unspecified atom stereocenters. The fourth-order valence-corrected chi connectivity index (χ4v) is 1.67. The number of nitrogens with one attached hydrogen (secondary N) is 1. The van der Waals surface area contributed by atoms with Crippen LogP contribution in [0.5, 0.6) is 0 Å². The van der Waals surface area contributed by atoms with Gasteiger partial charge in [-0.05, 0) is 29.1 Å². The number of methoxy groups -OCH3 is 1. The SMILES string of the molecule is COC(=O)[C@H](NCc1ccc(Cl)o1)C(C)(C)C. The van der Waals surface area contributed by atoms with E-state index in [1.807, 2.05) is 20.8 Å². The van der Waals surface area contributed by atoms with Crippen LogP contribution >= 0.6 is 11.6 Å². The molecule has 0 radical (unpaired) electrons. The summed E-state index contributed by atoms with van der Waals surface area (Å²) in [5.41, 5.74) is -0.233. The molecule has 0 aromatic carbocycles. The van der Waals surface area contributed by atoms with Gasteiger partial charge in [0, 0.05) is 0 Å². The Morgan fingerprint density at radius 1 is 1.53 bits per heavy atom. The molecular formula is C12H18ClNO3. The summed E-state index contributed by atoms with van der Waals surface area (Å²) in [6.07, 6.45) is 0. The first-order chi connectivity index (χ1) is 7.84. The van der Waals surface area contributed by atoms with Gasteiger partial charge in [0.2, 0.25) is 0 Å². The normalized spacial score (nSPS) is 13.5. The lowest BCUT2D eigenvalue weighted by atomic mass is 9.86. The fraction of sp³-hybridized carbons (Fsp3) is 0.583. The van der Waals surface area contributed by atoms with Crippen molar-refractivity contribution < 1.29 is 13.9 Å². The lowest BCUT2D eigenvalue weighted by molar-refractivity contribution is -0.146. The topological polar surface area (TPSA) is 51.5 Å². The van der Waals surface area contributed by atoms with Crippen molar-refractivity contribution in [3.63, 3.8) is 0 Å². The van der Waals surface area contributed by atoms with Gasteiger partial charge in [0.25, 0.3) is 0 Å². The van der Waals surface area contributed by atoms with Crippen LogP contribution in [0, 0.1) is 5.41 Å². The van der Waals surface area contributed by atoms with Crippen molar-refractivity contribution in [1.82, 2.24) is 5.32 Å². The van der Waals surface area contributed by atoms with Crippen LogP contribution in [-0.4, -0.2) is 19.1 Å². The second-order valence-corrected chi connectivity index (χ2v) is 5.28. The number of furan rings is 1. The third-order valence-corrected chi connectivity index (χ3v) is 2.62. The molecular weight excluding hydrogens is 242 g/mol. The Morgan fingerprint density at radius 2 is 2.18 bits per heavy atom. The van der Waals surface area contributed by atoms with Crippen LogP contribution in [-0.2, 0) is 16.1 Å². The van der Waals surface area contributed by atoms with E-state index >= 15 is 0 Å². The van der Waals surface area contributed by atoms with Gasteiger partial charge in [-0.3, -0.25) is 10.1 Å². The quantitative estimate of drug-likeness (QED) is 0.845. The van der Waals surface area contributed by atoms with Gasteiger partial charge in [-0.1, -0.05) is 20.8 Å². The summed E-state index contributed by atoms with van der Waals surface area (Å²) in [6, 6.07) is 3.05. The van der Waals surface area contributed by atoms with Gasteiger partial charge < -0.3 is 9.15 Å². The first-order valence-corrected chi connectivity index (χ1v) is 5.78. The standard InChI is InChI=1S/C12H18ClNO3/c1-12(2,3)10(11(15)16-4)14-7-8-5-6-9(13)17-8/h5-6,10,14H,7H2,1-4H3/t10-/m0/s1. The van der Waals surface area contributed by atoms with E-state index in [1.165, 1.54) is 7.11 Å². The molecule has 17 heavy (non-hydrogen) atoms. The van der Waals surface area contributed by atoms with E-state index in [2.05, 4.69) is 5.32 Å². The van der Waals surface area contributed by atoms with Crippen molar-refractivity contribution in [2.24, 2.45) is 5.41 Å². The Balaban J connectivity index is 2.65. The lowest BCUT2D eigenvalue weighted by Crippen LogP contribution is -2.46. The molecule has 0 aliphatic carbocycles. The molecule has 1 N–H and O–H groups in total. The highest BCUT2D eigenvalue weighted by Crippen LogP contribution is 2.21. The van der Waals surface area contributed by atoms with E-state index in [4.69, 9.17) is 20.8 Å². The molecule has 1 rings (SSSR count). The zero-order valence-corrected chi connectivity index (χ0v) is 11.3. The number of hydrogen-bond donors (Lipinski definition) is 1. The first kappa shape index (κ1) is 14.1. The second-order valence-electron chi connectivity index (χ2n) is 4.91. The van der Waals surface area contributed by atoms with Crippen LogP contribution in [0.25, 0.3) is 0 Å². The molecule has 0 spiro atoms. The van der Waals surface area contributed by atoms with E-state index < -0.39 is 6.04 Å². The smallest absolute Gasteiger partial charge is 0.323 e. The van der Waals surface area contributed by atoms with E-state index in [0.29, 0.717) is 17.5 Å². The maximum absolute atomic E-state index is 11.6. The summed E-state index contributed by atoms with van der Waals surface area (Å²) < 4.78 is 9.99. The average molecular weight is 260 g/mol. The van der Waals surface area contributed by atoms with Crippen molar-refractivity contribution in [2.45, 2.75) is 33.4 Å². The molecule has 0 fully saturated rings. The van der Waals surface area contributed by atoms with Gasteiger partial charge in [0.1, 0.15) is 11.8 Å². The number of ether oxygens (including phenoxy) is 1. The van der Waals surface area contributed by atoms with E-state index in [-0.39, 0.29) is 11.4 Å². The maximum atomic E-state index is 11.6. The average Bonchev–Trinajstić information content (AvgIpc) is 2.62. The van der Waals surface area contributed by atoms with Crippen molar-refractivity contribution in [2.75, 3.05) is 7.11 Å². The summed E-state index contributed by atoms with van der Waals surface area (Å²) in [4.78, 5) is 11.6. The molecule has 0 bridgehead atoms. The highest BCUT2D eigenvalue weighted by molar-refractivity contribution is 6.28. The van der Waals surface area contributed by atoms with Crippen LogP contribution < -0.4 is 5.32 Å². The van der Waals surface area contributed by atoms with E-state index in [1.54, 1.807) is 12.1 Å². The molecule has 1 heterocycles. The van der Waals surface area contributed by atoms with Crippen LogP contribution in [0.4, 0.5) is 0 Å². The molecule has 96 valence electrons. The monoisotopic (exact) mass is 259 g/mol. The molecule has 0 amide bonds. The number of rotatable bonds is 4. The van der Waals surface area contributed by atoms with Crippen LogP contribution in [0.3, 0.4) is 0 Å². The summed E-state index contributed by atoms with van der Waals surface area (Å²) in [7, 11) is 1.38. The largest absolute Gasteiger partial charge is 0.468 e. The lowest BCUT2D eigenvalue weighted by Gasteiger charge is -2.28. The minimum Gasteiger partial charge on any atom is -0.468 e. The number of carbonyl (C=O) groups excluding carboxylic acids is 1. The molecule has 0 saturated carbocycles. The van der Waals surface area contributed by atoms with Gasteiger partial charge in [0.15, 0.2) is 5.22 Å². The molecule has 5 heteroatoms. The van der Waals surface area contributed by atoms with Crippen molar-refractivity contribution in [3.05, 3.63) is 23.1 Å². The summed E-state index contributed by atoms with van der Waals surface area (Å²) in [5.74, 6) is 0.406. The van der Waals surface area contributed by atoms with Crippen LogP contribution in [0.2, 0.25) is 5.22 Å². The molecule has 0 aliphatic heterocycles. The van der Waals surface area contributed by atoms with Crippen molar-refractivity contribution in [3.8, 4) is 0 Å². The third-order valence-electron chi connectivity index (χ3n) is 2.41. The molecule has 1 aromatic rings. The minimum absolute atomic E-state index is 0.233. The minimum atomic E-state index is -0.392. The van der Waals surface area contributed by atoms with Crippen molar-refractivity contribution in [1.29, 1.82) is 0 Å². The van der Waals surface area contributed by atoms with Crippen LogP contribution in [0.15, 0.2) is 16.5 Å². The summed E-state index contributed by atoms with van der Waals surface area (Å²) >= 11 is 5.67. The molecule has 0 aliphatic rings. The Bertz CT molecular complexity index is 381. The summed E-state index contributed by atoms with van der Waals surface area (Å²) in [6.45, 7) is 6.34. The highest BCUT2D eigenvalue weighted by atomic mass is 35.5. The highest BCUT2D eigenvalue weighted by Gasteiger charge is 2.31. The van der Waals surface area contributed by atoms with Crippen LogP contribution in [0.1, 0.15) is 26.5 Å². The number of carbonyl (C=O) groups is 1. The Hall–Kier alpha value is -1.00. The number of halogens is 1. The Morgan fingerprint density at radius 3 is 2.59 bits per heavy atom. The number of esters is 1. The fourth-order valence-electron chi connectivity index (χ4n) is 1.51. The van der Waals surface area contributed by atoms with Gasteiger partial charge in [-0.15, -0.1) is 0 Å². The second kappa shape index (κ2) is 5.56. The van der Waals surface area contributed by atoms with Gasteiger partial charge >= 0.3 is 5.97 Å². The molecule has 4 nitrogen and oxygen atoms in total. The zero-order valence-electron chi connectivity index (χ0n) is 10.5. The summed E-state index contributed by atoms with van der Waals surface area (Å²) in [5, 5.41) is 3.45. The van der Waals surface area contributed by atoms with Gasteiger partial charge in [-0.25, -0.2) is 0 Å². The predicted molar refractivity (Wildman–Crippen MR) is 65.8 cm³/mol. The zero-order chi connectivity index (χ0) is 13.1. The number of hydrogen-bond acceptors (Lipinski definition) is 4. The van der Waals surface area contributed by atoms with E-state index in [0.717, 1.165) is 0 Å². The Labute approximate surface area is 106 Å². The first-order valence-electron chi connectivity index (χ1n) is 5.40. The van der Waals surface area contributed by atoms with Gasteiger partial charge in [-0.2, -0.15) is 0 Å². The molecule has 1 aromatic heterocycles. The van der Waals surface area contributed by atoms with E-state index in [9.17, 15) is 4.79 Å². The predicted octanol–water partition coefficient (Wildman–Crippen LogP) is 2.61. The van der Waals surface area contributed by atoms with Gasteiger partial charge in [0.05, 0.1) is 13.7 Å². The van der Waals surface area contributed by atoms with Crippen molar-refractivity contribution >= 4 is 17.6 Å². The third kappa shape index (κ3) is 4.06. The maximum Gasteiger partial charge on any atom is 0.323 e. The molecule has 0 saturated heterocycles.